The standard InChI is InChI=1S/C8H9BF3O2.K/c1-13-7-5-3-4-6(8(7)14-2)9(10,11)12;/h3-5H,1-2H3;/q-1;+1. The molecule has 1 aromatic rings. The van der Waals surface area contributed by atoms with E-state index in [2.05, 4.69) is 4.74 Å². The molecule has 0 radical (unpaired) electrons. The molecule has 0 aliphatic rings. The minimum atomic E-state index is -5.07. The topological polar surface area (TPSA) is 18.5 Å². The molecule has 0 saturated heterocycles. The molecule has 1 aromatic carbocycles. The molecule has 0 spiro atoms. The molecule has 7 heteroatoms. The zero-order chi connectivity index (χ0) is 10.8. The van der Waals surface area contributed by atoms with Gasteiger partial charge in [0.05, 0.1) is 14.2 Å². The van der Waals surface area contributed by atoms with Crippen LogP contribution in [0.5, 0.6) is 11.5 Å². The van der Waals surface area contributed by atoms with Gasteiger partial charge in [-0.2, -0.15) is 0 Å². The third-order valence-corrected chi connectivity index (χ3v) is 1.79. The number of hydrogen-bond acceptors (Lipinski definition) is 2. The van der Waals surface area contributed by atoms with Gasteiger partial charge in [-0.25, -0.2) is 0 Å². The number of para-hydroxylation sites is 1. The first-order valence-corrected chi connectivity index (χ1v) is 3.91. The molecule has 0 amide bonds. The van der Waals surface area contributed by atoms with Gasteiger partial charge in [-0.1, -0.05) is 17.6 Å². The molecule has 0 atom stereocenters. The van der Waals surface area contributed by atoms with Crippen molar-refractivity contribution in [3.8, 4) is 11.5 Å². The van der Waals surface area contributed by atoms with E-state index in [1.165, 1.54) is 26.4 Å². The predicted octanol–water partition coefficient (Wildman–Crippen LogP) is -1.24. The van der Waals surface area contributed by atoms with Crippen LogP contribution in [0, 0.1) is 0 Å². The van der Waals surface area contributed by atoms with Crippen molar-refractivity contribution in [2.75, 3.05) is 14.2 Å². The molecule has 0 aromatic heterocycles. The van der Waals surface area contributed by atoms with Crippen LogP contribution in [0.25, 0.3) is 0 Å². The monoisotopic (exact) mass is 244 g/mol. The molecule has 2 nitrogen and oxygen atoms in total. The summed E-state index contributed by atoms with van der Waals surface area (Å²) in [5.74, 6) is -0.174. The number of benzene rings is 1. The van der Waals surface area contributed by atoms with Crippen molar-refractivity contribution in [2.24, 2.45) is 0 Å². The number of ether oxygens (including phenoxy) is 2. The maximum atomic E-state index is 12.5. The Kier molecular flexibility index (Phi) is 6.27. The SMILES string of the molecule is COc1cccc([B-](F)(F)F)c1OC.[K+]. The van der Waals surface area contributed by atoms with E-state index < -0.39 is 12.4 Å². The van der Waals surface area contributed by atoms with Crippen LogP contribution in [0.3, 0.4) is 0 Å². The Bertz CT molecular complexity index is 330. The summed E-state index contributed by atoms with van der Waals surface area (Å²) in [6.07, 6.45) is 0. The second kappa shape index (κ2) is 6.15. The summed E-state index contributed by atoms with van der Waals surface area (Å²) in [7, 11) is 2.48. The second-order valence-corrected chi connectivity index (χ2v) is 2.66. The van der Waals surface area contributed by atoms with Crippen LogP contribution in [-0.2, 0) is 0 Å². The van der Waals surface area contributed by atoms with Gasteiger partial charge in [-0.3, -0.25) is 0 Å². The van der Waals surface area contributed by atoms with Gasteiger partial charge in [0, 0.05) is 0 Å². The molecule has 0 bridgehead atoms. The van der Waals surface area contributed by atoms with Gasteiger partial charge in [-0.05, 0) is 6.07 Å². The zero-order valence-corrected chi connectivity index (χ0v) is 11.9. The summed E-state index contributed by atoms with van der Waals surface area (Å²) in [5, 5.41) is 0. The molecule has 15 heavy (non-hydrogen) atoms. The second-order valence-electron chi connectivity index (χ2n) is 2.66. The Morgan fingerprint density at radius 2 is 1.67 bits per heavy atom. The van der Waals surface area contributed by atoms with Gasteiger partial charge < -0.3 is 22.4 Å². The van der Waals surface area contributed by atoms with Crippen LogP contribution < -0.4 is 66.3 Å². The maximum absolute atomic E-state index is 12.5. The van der Waals surface area contributed by atoms with E-state index in [4.69, 9.17) is 4.74 Å². The number of rotatable bonds is 3. The van der Waals surface area contributed by atoms with Gasteiger partial charge >= 0.3 is 58.4 Å². The smallest absolute Gasteiger partial charge is 0.496 e. The van der Waals surface area contributed by atoms with Crippen LogP contribution in [0.15, 0.2) is 18.2 Å². The van der Waals surface area contributed by atoms with Gasteiger partial charge in [-0.15, -0.1) is 0 Å². The van der Waals surface area contributed by atoms with Crippen molar-refractivity contribution in [2.45, 2.75) is 0 Å². The summed E-state index contributed by atoms with van der Waals surface area (Å²) >= 11 is 0. The average Bonchev–Trinajstić information content (AvgIpc) is 2.15. The summed E-state index contributed by atoms with van der Waals surface area (Å²) in [6.45, 7) is -5.07. The Hall–Kier alpha value is 0.311. The fraction of sp³-hybridized carbons (Fsp3) is 0.250. The van der Waals surface area contributed by atoms with Crippen molar-refractivity contribution in [3.63, 3.8) is 0 Å². The van der Waals surface area contributed by atoms with E-state index in [-0.39, 0.29) is 62.9 Å². The van der Waals surface area contributed by atoms with Crippen LogP contribution >= 0.6 is 0 Å². The Labute approximate surface area is 129 Å². The van der Waals surface area contributed by atoms with E-state index in [0.29, 0.717) is 0 Å². The molecule has 0 aliphatic carbocycles. The Balaban J connectivity index is 0.00000196. The third kappa shape index (κ3) is 3.67. The largest absolute Gasteiger partial charge is 1.00 e. The van der Waals surface area contributed by atoms with Crippen molar-refractivity contribution in [3.05, 3.63) is 18.2 Å². The fourth-order valence-electron chi connectivity index (χ4n) is 1.17. The average molecular weight is 244 g/mol. The molecule has 0 unspecified atom stereocenters. The van der Waals surface area contributed by atoms with Gasteiger partial charge in [0.1, 0.15) is 5.75 Å². The van der Waals surface area contributed by atoms with E-state index in [1.807, 2.05) is 0 Å². The molecule has 0 saturated carbocycles. The molecular weight excluding hydrogens is 235 g/mol. The van der Waals surface area contributed by atoms with Crippen LogP contribution in [0.2, 0.25) is 0 Å². The molecule has 1 rings (SSSR count). The number of hydrogen-bond donors (Lipinski definition) is 0. The van der Waals surface area contributed by atoms with Crippen molar-refractivity contribution >= 4 is 12.4 Å². The predicted molar refractivity (Wildman–Crippen MR) is 48.3 cm³/mol. The van der Waals surface area contributed by atoms with Gasteiger partial charge in [0.2, 0.25) is 0 Å². The maximum Gasteiger partial charge on any atom is 1.00 e. The van der Waals surface area contributed by atoms with Gasteiger partial charge in [0.15, 0.2) is 5.75 Å². The van der Waals surface area contributed by atoms with E-state index in [9.17, 15) is 12.9 Å². The first kappa shape index (κ1) is 15.3. The molecule has 0 N–H and O–H groups in total. The first-order valence-electron chi connectivity index (χ1n) is 3.91. The van der Waals surface area contributed by atoms with Gasteiger partial charge in [0.25, 0.3) is 0 Å². The first-order chi connectivity index (χ1) is 6.50. The van der Waals surface area contributed by atoms with Crippen molar-refractivity contribution in [1.29, 1.82) is 0 Å². The van der Waals surface area contributed by atoms with E-state index >= 15 is 0 Å². The summed E-state index contributed by atoms with van der Waals surface area (Å²) in [6, 6.07) is 3.68. The van der Waals surface area contributed by atoms with E-state index in [0.717, 1.165) is 6.07 Å². The summed E-state index contributed by atoms with van der Waals surface area (Å²) in [4.78, 5) is 0. The molecule has 0 heterocycles. The fourth-order valence-corrected chi connectivity index (χ4v) is 1.17. The van der Waals surface area contributed by atoms with Crippen LogP contribution in [-0.4, -0.2) is 21.2 Å². The van der Waals surface area contributed by atoms with E-state index in [1.54, 1.807) is 0 Å². The zero-order valence-electron chi connectivity index (χ0n) is 8.76. The minimum Gasteiger partial charge on any atom is -0.496 e. The number of methoxy groups -OCH3 is 2. The molecule has 0 fully saturated rings. The minimum absolute atomic E-state index is 0. The number of halogens is 3. The normalized spacial score (nSPS) is 10.5. The van der Waals surface area contributed by atoms with Crippen molar-refractivity contribution in [1.82, 2.24) is 0 Å². The molecule has 0 aliphatic heterocycles. The van der Waals surface area contributed by atoms with Crippen LogP contribution in [0.1, 0.15) is 0 Å². The Morgan fingerprint density at radius 1 is 1.07 bits per heavy atom. The Morgan fingerprint density at radius 3 is 2.07 bits per heavy atom. The quantitative estimate of drug-likeness (QED) is 0.619. The third-order valence-electron chi connectivity index (χ3n) is 1.79. The molecule has 78 valence electrons. The summed E-state index contributed by atoms with van der Waals surface area (Å²) in [5.41, 5.74) is -0.771. The van der Waals surface area contributed by atoms with Crippen LogP contribution in [0.4, 0.5) is 12.9 Å². The van der Waals surface area contributed by atoms with Crippen molar-refractivity contribution < 1.29 is 73.8 Å². The molecular formula is C8H9BF3KO2. The summed E-state index contributed by atoms with van der Waals surface area (Å²) < 4.78 is 46.9.